The van der Waals surface area contributed by atoms with E-state index in [0.717, 1.165) is 16.7 Å². The van der Waals surface area contributed by atoms with Gasteiger partial charge < -0.3 is 14.9 Å². The average Bonchev–Trinajstić information content (AvgIpc) is 3.04. The fraction of sp³-hybridized carbons (Fsp3) is 0.185. The van der Waals surface area contributed by atoms with E-state index in [1.54, 1.807) is 30.3 Å². The van der Waals surface area contributed by atoms with Crippen LogP contribution in [0.25, 0.3) is 5.76 Å². The molecule has 1 unspecified atom stereocenters. The Morgan fingerprint density at radius 2 is 1.61 bits per heavy atom. The van der Waals surface area contributed by atoms with Crippen LogP contribution in [0.5, 0.6) is 11.5 Å². The monoisotopic (exact) mass is 443 g/mol. The Morgan fingerprint density at radius 3 is 2.24 bits per heavy atom. The smallest absolute Gasteiger partial charge is 0.300 e. The summed E-state index contributed by atoms with van der Waals surface area (Å²) in [6.45, 7) is 5.59. The first-order valence-corrected chi connectivity index (χ1v) is 10.6. The molecule has 3 aromatic carbocycles. The van der Waals surface area contributed by atoms with Crippen molar-refractivity contribution in [3.05, 3.63) is 94.1 Å². The maximum absolute atomic E-state index is 13.3. The molecule has 1 atom stereocenters. The molecule has 4 rings (SSSR count). The third-order valence-electron chi connectivity index (χ3n) is 5.91. The van der Waals surface area contributed by atoms with Gasteiger partial charge in [0.2, 0.25) is 0 Å². The molecule has 33 heavy (non-hydrogen) atoms. The number of para-hydroxylation sites is 1. The predicted octanol–water partition coefficient (Wildman–Crippen LogP) is 4.95. The van der Waals surface area contributed by atoms with Crippen LogP contribution >= 0.6 is 0 Å². The second-order valence-electron chi connectivity index (χ2n) is 8.21. The Kier molecular flexibility index (Phi) is 5.68. The Bertz CT molecular complexity index is 1290. The van der Waals surface area contributed by atoms with Crippen molar-refractivity contribution in [1.29, 1.82) is 0 Å². The first-order chi connectivity index (χ1) is 15.7. The fourth-order valence-electron chi connectivity index (χ4n) is 4.43. The zero-order chi connectivity index (χ0) is 23.9. The highest BCUT2D eigenvalue weighted by Gasteiger charge is 2.47. The van der Waals surface area contributed by atoms with Crippen molar-refractivity contribution in [3.63, 3.8) is 0 Å². The van der Waals surface area contributed by atoms with Crippen LogP contribution in [0.1, 0.15) is 33.9 Å². The molecule has 0 bridgehead atoms. The first-order valence-electron chi connectivity index (χ1n) is 10.6. The van der Waals surface area contributed by atoms with Crippen molar-refractivity contribution in [3.8, 4) is 11.5 Å². The zero-order valence-electron chi connectivity index (χ0n) is 18.9. The van der Waals surface area contributed by atoms with Gasteiger partial charge in [-0.1, -0.05) is 36.4 Å². The number of Topliss-reactive ketones (excluding diaryl/α,β-unsaturated/α-hetero) is 1. The molecule has 0 aromatic heterocycles. The quantitative estimate of drug-likeness (QED) is 0.338. The molecule has 0 spiro atoms. The van der Waals surface area contributed by atoms with E-state index in [0.29, 0.717) is 22.6 Å². The molecule has 1 fully saturated rings. The number of hydrogen-bond acceptors (Lipinski definition) is 5. The van der Waals surface area contributed by atoms with Crippen molar-refractivity contribution in [2.45, 2.75) is 26.8 Å². The number of anilines is 1. The van der Waals surface area contributed by atoms with Gasteiger partial charge >= 0.3 is 0 Å². The fourth-order valence-corrected chi connectivity index (χ4v) is 4.43. The van der Waals surface area contributed by atoms with Gasteiger partial charge in [0, 0.05) is 5.69 Å². The van der Waals surface area contributed by atoms with Gasteiger partial charge in [-0.2, -0.15) is 0 Å². The molecule has 1 heterocycles. The highest BCUT2D eigenvalue weighted by Crippen LogP contribution is 2.44. The van der Waals surface area contributed by atoms with Crippen molar-refractivity contribution in [2.24, 2.45) is 0 Å². The van der Waals surface area contributed by atoms with Gasteiger partial charge in [0.1, 0.15) is 17.3 Å². The van der Waals surface area contributed by atoms with Crippen LogP contribution in [0.4, 0.5) is 5.69 Å². The third kappa shape index (κ3) is 3.74. The summed E-state index contributed by atoms with van der Waals surface area (Å²) in [5.41, 5.74) is 3.97. The molecule has 0 saturated carbocycles. The number of amides is 1. The Morgan fingerprint density at radius 1 is 0.939 bits per heavy atom. The summed E-state index contributed by atoms with van der Waals surface area (Å²) in [7, 11) is 1.50. The molecule has 1 amide bonds. The van der Waals surface area contributed by atoms with Gasteiger partial charge in [-0.25, -0.2) is 0 Å². The Balaban J connectivity index is 2.03. The topological polar surface area (TPSA) is 87.1 Å². The molecule has 1 aliphatic rings. The highest BCUT2D eigenvalue weighted by molar-refractivity contribution is 6.51. The number of benzene rings is 3. The number of carbonyl (C=O) groups is 2. The maximum Gasteiger partial charge on any atom is 0.300 e. The lowest BCUT2D eigenvalue weighted by atomic mass is 9.93. The lowest BCUT2D eigenvalue weighted by Gasteiger charge is -2.27. The van der Waals surface area contributed by atoms with E-state index in [1.807, 2.05) is 39.0 Å². The molecular weight excluding hydrogens is 418 g/mol. The molecule has 0 aliphatic carbocycles. The normalized spacial score (nSPS) is 17.5. The predicted molar refractivity (Wildman–Crippen MR) is 127 cm³/mol. The Labute approximate surface area is 192 Å². The highest BCUT2D eigenvalue weighted by atomic mass is 16.5. The molecule has 6 nitrogen and oxygen atoms in total. The van der Waals surface area contributed by atoms with Crippen LogP contribution in [0, 0.1) is 20.8 Å². The Hall–Kier alpha value is -4.06. The minimum absolute atomic E-state index is 0.0303. The summed E-state index contributed by atoms with van der Waals surface area (Å²) in [5.74, 6) is -1.32. The number of ketones is 1. The van der Waals surface area contributed by atoms with E-state index in [-0.39, 0.29) is 17.1 Å². The minimum Gasteiger partial charge on any atom is -0.508 e. The number of aliphatic hydroxyl groups is 1. The molecule has 2 N–H and O–H groups in total. The van der Waals surface area contributed by atoms with Crippen molar-refractivity contribution >= 4 is 23.1 Å². The number of carbonyl (C=O) groups excluding carboxylic acids is 2. The molecule has 168 valence electrons. The van der Waals surface area contributed by atoms with Crippen LogP contribution in [0.2, 0.25) is 0 Å². The summed E-state index contributed by atoms with van der Waals surface area (Å²) in [6.07, 6.45) is 0. The lowest BCUT2D eigenvalue weighted by molar-refractivity contribution is -0.132. The number of hydrogen-bond donors (Lipinski definition) is 2. The average molecular weight is 443 g/mol. The van der Waals surface area contributed by atoms with Gasteiger partial charge in [-0.3, -0.25) is 14.5 Å². The second kappa shape index (κ2) is 8.47. The summed E-state index contributed by atoms with van der Waals surface area (Å²) in [6, 6.07) is 16.3. The first kappa shape index (κ1) is 22.1. The summed E-state index contributed by atoms with van der Waals surface area (Å²) >= 11 is 0. The van der Waals surface area contributed by atoms with Gasteiger partial charge in [0.15, 0.2) is 0 Å². The van der Waals surface area contributed by atoms with Gasteiger partial charge in [0.05, 0.1) is 24.3 Å². The number of aromatic hydroxyl groups is 1. The number of phenols is 1. The van der Waals surface area contributed by atoms with Crippen LogP contribution in [0.15, 0.2) is 66.2 Å². The number of methoxy groups -OCH3 is 1. The van der Waals surface area contributed by atoms with E-state index < -0.39 is 17.7 Å². The number of nitrogens with zero attached hydrogens (tertiary/aromatic N) is 1. The SMILES string of the molecule is COc1c(C)cc(C)cc1/C(O)=C1\C(=O)C(=O)N(c2ccccc2C)C1c1ccc(O)cc1. The largest absolute Gasteiger partial charge is 0.508 e. The number of aliphatic hydroxyl groups excluding tert-OH is 1. The van der Waals surface area contributed by atoms with Crippen LogP contribution in [-0.4, -0.2) is 29.0 Å². The van der Waals surface area contributed by atoms with E-state index in [1.165, 1.54) is 24.1 Å². The van der Waals surface area contributed by atoms with Crippen molar-refractivity contribution in [1.82, 2.24) is 0 Å². The molecule has 1 saturated heterocycles. The minimum atomic E-state index is -0.878. The standard InChI is InChI=1S/C27H25NO5/c1-15-13-17(3)26(33-4)20(14-15)24(30)22-23(18-9-11-19(29)12-10-18)28(27(32)25(22)31)21-8-6-5-7-16(21)2/h5-14,23,29-30H,1-4H3/b24-22+. The maximum atomic E-state index is 13.3. The number of ether oxygens (including phenoxy) is 1. The molecular formula is C27H25NO5. The summed E-state index contributed by atoms with van der Waals surface area (Å²) in [4.78, 5) is 28.0. The molecule has 6 heteroatoms. The van der Waals surface area contributed by atoms with Crippen LogP contribution in [-0.2, 0) is 9.59 Å². The summed E-state index contributed by atoms with van der Waals surface area (Å²) < 4.78 is 5.52. The van der Waals surface area contributed by atoms with Crippen LogP contribution < -0.4 is 9.64 Å². The zero-order valence-corrected chi connectivity index (χ0v) is 18.9. The van der Waals surface area contributed by atoms with E-state index in [2.05, 4.69) is 0 Å². The second-order valence-corrected chi connectivity index (χ2v) is 8.21. The number of rotatable bonds is 4. The van der Waals surface area contributed by atoms with Gasteiger partial charge in [-0.15, -0.1) is 0 Å². The van der Waals surface area contributed by atoms with E-state index in [9.17, 15) is 19.8 Å². The third-order valence-corrected chi connectivity index (χ3v) is 5.91. The van der Waals surface area contributed by atoms with Gasteiger partial charge in [0.25, 0.3) is 11.7 Å². The molecule has 1 aliphatic heterocycles. The van der Waals surface area contributed by atoms with Crippen molar-refractivity contribution in [2.75, 3.05) is 12.0 Å². The van der Waals surface area contributed by atoms with Crippen molar-refractivity contribution < 1.29 is 24.5 Å². The van der Waals surface area contributed by atoms with Gasteiger partial charge in [-0.05, 0) is 67.3 Å². The van der Waals surface area contributed by atoms with E-state index >= 15 is 0 Å². The summed E-state index contributed by atoms with van der Waals surface area (Å²) in [5, 5.41) is 21.2. The number of phenolic OH excluding ortho intramolecular Hbond substituents is 1. The number of aryl methyl sites for hydroxylation is 3. The van der Waals surface area contributed by atoms with Crippen LogP contribution in [0.3, 0.4) is 0 Å². The molecule has 0 radical (unpaired) electrons. The lowest BCUT2D eigenvalue weighted by Crippen LogP contribution is -2.30. The van der Waals surface area contributed by atoms with E-state index in [4.69, 9.17) is 4.74 Å². The molecule has 3 aromatic rings.